The molecule has 1 fully saturated rings. The third kappa shape index (κ3) is 2.62. The predicted octanol–water partition coefficient (Wildman–Crippen LogP) is 2.70. The zero-order chi connectivity index (χ0) is 10.9. The second kappa shape index (κ2) is 4.97. The average molecular weight is 250 g/mol. The van der Waals surface area contributed by atoms with Gasteiger partial charge in [-0.3, -0.25) is 0 Å². The van der Waals surface area contributed by atoms with E-state index in [-0.39, 0.29) is 23.6 Å². The summed E-state index contributed by atoms with van der Waals surface area (Å²) in [6.07, 6.45) is 2.16. The Morgan fingerprint density at radius 2 is 1.81 bits per heavy atom. The van der Waals surface area contributed by atoms with Gasteiger partial charge >= 0.3 is 6.61 Å². The predicted molar refractivity (Wildman–Crippen MR) is 60.3 cm³/mol. The number of rotatable bonds is 4. The fourth-order valence-corrected chi connectivity index (χ4v) is 1.75. The highest BCUT2D eigenvalue weighted by Crippen LogP contribution is 2.47. The molecule has 90 valence electrons. The first-order valence-corrected chi connectivity index (χ1v) is 4.92. The van der Waals surface area contributed by atoms with Crippen molar-refractivity contribution in [1.29, 1.82) is 0 Å². The molecule has 1 aliphatic rings. The summed E-state index contributed by atoms with van der Waals surface area (Å²) in [5.74, 6) is 0.196. The lowest BCUT2D eigenvalue weighted by molar-refractivity contribution is -0.0498. The number of ether oxygens (including phenoxy) is 1. The zero-order valence-electron chi connectivity index (χ0n) is 8.66. The van der Waals surface area contributed by atoms with E-state index in [1.165, 1.54) is 0 Å². The Morgan fingerprint density at radius 3 is 2.19 bits per heavy atom. The lowest BCUT2D eigenvalue weighted by Crippen LogP contribution is -2.19. The second-order valence-electron chi connectivity index (χ2n) is 3.89. The molecule has 1 aromatic rings. The normalized spacial score (nSPS) is 16.8. The van der Waals surface area contributed by atoms with E-state index in [1.807, 2.05) is 12.1 Å². The molecule has 2 rings (SSSR count). The van der Waals surface area contributed by atoms with Crippen LogP contribution in [-0.4, -0.2) is 13.2 Å². The van der Waals surface area contributed by atoms with E-state index in [2.05, 4.69) is 4.74 Å². The van der Waals surface area contributed by atoms with Crippen molar-refractivity contribution in [3.63, 3.8) is 0 Å². The van der Waals surface area contributed by atoms with E-state index >= 15 is 0 Å². The molecule has 0 amide bonds. The summed E-state index contributed by atoms with van der Waals surface area (Å²) in [4.78, 5) is 0. The van der Waals surface area contributed by atoms with Gasteiger partial charge in [-0.2, -0.15) is 8.78 Å². The number of alkyl halides is 2. The van der Waals surface area contributed by atoms with E-state index in [0.29, 0.717) is 6.54 Å². The van der Waals surface area contributed by atoms with Crippen LogP contribution in [0.15, 0.2) is 24.3 Å². The molecule has 0 spiro atoms. The molecule has 5 heteroatoms. The third-order valence-electron chi connectivity index (χ3n) is 2.94. The SMILES string of the molecule is Cl.NCC1(c2ccc(OC(F)F)cc2)CC1. The van der Waals surface area contributed by atoms with Gasteiger partial charge in [0.05, 0.1) is 0 Å². The number of halogens is 3. The third-order valence-corrected chi connectivity index (χ3v) is 2.94. The Bertz CT molecular complexity index is 338. The zero-order valence-corrected chi connectivity index (χ0v) is 9.47. The van der Waals surface area contributed by atoms with Crippen LogP contribution >= 0.6 is 12.4 Å². The topological polar surface area (TPSA) is 35.2 Å². The van der Waals surface area contributed by atoms with Gasteiger partial charge < -0.3 is 10.5 Å². The maximum absolute atomic E-state index is 11.9. The van der Waals surface area contributed by atoms with Gasteiger partial charge in [-0.1, -0.05) is 12.1 Å². The molecule has 1 aliphatic carbocycles. The van der Waals surface area contributed by atoms with Crippen LogP contribution in [0.25, 0.3) is 0 Å². The van der Waals surface area contributed by atoms with Crippen molar-refractivity contribution in [1.82, 2.24) is 0 Å². The van der Waals surface area contributed by atoms with Crippen molar-refractivity contribution in [3.8, 4) is 5.75 Å². The van der Waals surface area contributed by atoms with Gasteiger partial charge in [0.1, 0.15) is 5.75 Å². The van der Waals surface area contributed by atoms with Gasteiger partial charge in [0.2, 0.25) is 0 Å². The summed E-state index contributed by atoms with van der Waals surface area (Å²) < 4.78 is 28.1. The molecule has 0 aromatic heterocycles. The molecule has 0 heterocycles. The maximum Gasteiger partial charge on any atom is 0.387 e. The van der Waals surface area contributed by atoms with Gasteiger partial charge in [0.25, 0.3) is 0 Å². The van der Waals surface area contributed by atoms with Crippen LogP contribution in [0.4, 0.5) is 8.78 Å². The molecule has 2 N–H and O–H groups in total. The number of nitrogens with two attached hydrogens (primary N) is 1. The van der Waals surface area contributed by atoms with Gasteiger partial charge in [0.15, 0.2) is 0 Å². The summed E-state index contributed by atoms with van der Waals surface area (Å²) in [5, 5.41) is 0. The first-order valence-electron chi connectivity index (χ1n) is 4.92. The first-order chi connectivity index (χ1) is 7.16. The van der Waals surface area contributed by atoms with Crippen molar-refractivity contribution < 1.29 is 13.5 Å². The van der Waals surface area contributed by atoms with Crippen molar-refractivity contribution in [2.75, 3.05) is 6.54 Å². The number of hydrogen-bond donors (Lipinski definition) is 1. The van der Waals surface area contributed by atoms with E-state index in [9.17, 15) is 8.78 Å². The fourth-order valence-electron chi connectivity index (χ4n) is 1.75. The first kappa shape index (κ1) is 13.2. The molecule has 1 aromatic carbocycles. The largest absolute Gasteiger partial charge is 0.435 e. The Kier molecular flexibility index (Phi) is 4.10. The molecule has 0 atom stereocenters. The fraction of sp³-hybridized carbons (Fsp3) is 0.455. The second-order valence-corrected chi connectivity index (χ2v) is 3.89. The molecule has 2 nitrogen and oxygen atoms in total. The average Bonchev–Trinajstić information content (AvgIpc) is 2.99. The lowest BCUT2D eigenvalue weighted by atomic mass is 9.96. The van der Waals surface area contributed by atoms with Crippen LogP contribution in [0.2, 0.25) is 0 Å². The van der Waals surface area contributed by atoms with Crippen molar-refractivity contribution in [3.05, 3.63) is 29.8 Å². The molecular weight excluding hydrogens is 236 g/mol. The minimum Gasteiger partial charge on any atom is -0.435 e. The van der Waals surface area contributed by atoms with Gasteiger partial charge in [-0.05, 0) is 30.5 Å². The quantitative estimate of drug-likeness (QED) is 0.891. The molecule has 0 aliphatic heterocycles. The van der Waals surface area contributed by atoms with Crippen LogP contribution in [0, 0.1) is 0 Å². The van der Waals surface area contributed by atoms with Gasteiger partial charge in [0, 0.05) is 12.0 Å². The van der Waals surface area contributed by atoms with Crippen molar-refractivity contribution >= 4 is 12.4 Å². The molecule has 0 bridgehead atoms. The minimum absolute atomic E-state index is 0. The van der Waals surface area contributed by atoms with Crippen LogP contribution in [0.3, 0.4) is 0 Å². The Hall–Kier alpha value is -0.870. The summed E-state index contributed by atoms with van der Waals surface area (Å²) >= 11 is 0. The maximum atomic E-state index is 11.9. The molecule has 0 radical (unpaired) electrons. The molecule has 0 saturated heterocycles. The Morgan fingerprint density at radius 1 is 1.25 bits per heavy atom. The van der Waals surface area contributed by atoms with Crippen LogP contribution in [-0.2, 0) is 5.41 Å². The summed E-state index contributed by atoms with van der Waals surface area (Å²) in [7, 11) is 0. The van der Waals surface area contributed by atoms with E-state index in [0.717, 1.165) is 18.4 Å². The van der Waals surface area contributed by atoms with E-state index < -0.39 is 6.61 Å². The molecule has 1 saturated carbocycles. The summed E-state index contributed by atoms with van der Waals surface area (Å²) in [5.41, 5.74) is 6.89. The Labute approximate surface area is 99.2 Å². The lowest BCUT2D eigenvalue weighted by Gasteiger charge is -2.13. The monoisotopic (exact) mass is 249 g/mol. The van der Waals surface area contributed by atoms with Crippen molar-refractivity contribution in [2.45, 2.75) is 24.9 Å². The minimum atomic E-state index is -2.76. The van der Waals surface area contributed by atoms with E-state index in [4.69, 9.17) is 5.73 Å². The standard InChI is InChI=1S/C11H13F2NO.ClH/c12-10(13)15-9-3-1-8(2-4-9)11(7-14)5-6-11;/h1-4,10H,5-7,14H2;1H. The molecule has 0 unspecified atom stereocenters. The van der Waals surface area contributed by atoms with Crippen LogP contribution in [0.5, 0.6) is 5.75 Å². The summed E-state index contributed by atoms with van der Waals surface area (Å²) in [6.45, 7) is -2.15. The summed E-state index contributed by atoms with van der Waals surface area (Å²) in [6, 6.07) is 6.77. The van der Waals surface area contributed by atoms with Gasteiger partial charge in [-0.25, -0.2) is 0 Å². The molecule has 16 heavy (non-hydrogen) atoms. The highest BCUT2D eigenvalue weighted by molar-refractivity contribution is 5.85. The number of benzene rings is 1. The highest BCUT2D eigenvalue weighted by Gasteiger charge is 2.42. The van der Waals surface area contributed by atoms with Crippen LogP contribution in [0.1, 0.15) is 18.4 Å². The Balaban J connectivity index is 0.00000128. The van der Waals surface area contributed by atoms with Gasteiger partial charge in [-0.15, -0.1) is 12.4 Å². The number of hydrogen-bond acceptors (Lipinski definition) is 2. The van der Waals surface area contributed by atoms with E-state index in [1.54, 1.807) is 12.1 Å². The van der Waals surface area contributed by atoms with Crippen molar-refractivity contribution in [2.24, 2.45) is 5.73 Å². The highest BCUT2D eigenvalue weighted by atomic mass is 35.5. The molecular formula is C11H14ClF2NO. The van der Waals surface area contributed by atoms with Crippen LogP contribution < -0.4 is 10.5 Å². The smallest absolute Gasteiger partial charge is 0.387 e.